The summed E-state index contributed by atoms with van der Waals surface area (Å²) in [7, 11) is 0. The zero-order valence-electron chi connectivity index (χ0n) is 23.5. The number of aliphatic carboxylic acids is 1. The standard InChI is InChI=1S/C34H38N4O3.CH4/c35-26-33(28-12-4-1-5-13-28,29-14-6-2-7-15-29)19-23-36-24-20-34(21-25-36)32(41)37(22-11-10-18-31(39)40)27-38(34)30-16-8-3-9-17-30;/h1-9,12-17H,10-11,18-25,27H2,(H,39,40);1H4. The number of carbonyl (C=O) groups is 2. The summed E-state index contributed by atoms with van der Waals surface area (Å²) in [4.78, 5) is 31.5. The molecule has 7 heteroatoms. The van der Waals surface area contributed by atoms with Gasteiger partial charge in [-0.05, 0) is 55.4 Å². The van der Waals surface area contributed by atoms with Crippen LogP contribution >= 0.6 is 0 Å². The number of hydrogen-bond acceptors (Lipinski definition) is 5. The van der Waals surface area contributed by atoms with Crippen molar-refractivity contribution in [3.05, 3.63) is 102 Å². The van der Waals surface area contributed by atoms with Gasteiger partial charge in [-0.3, -0.25) is 9.59 Å². The Balaban J connectivity index is 0.00000405. The van der Waals surface area contributed by atoms with Gasteiger partial charge < -0.3 is 19.8 Å². The minimum atomic E-state index is -0.799. The first-order valence-electron chi connectivity index (χ1n) is 14.6. The predicted octanol–water partition coefficient (Wildman–Crippen LogP) is 5.92. The Hall–Kier alpha value is -4.15. The van der Waals surface area contributed by atoms with E-state index < -0.39 is 16.9 Å². The number of carboxylic acids is 1. The van der Waals surface area contributed by atoms with Gasteiger partial charge in [0.15, 0.2) is 0 Å². The fourth-order valence-electron chi connectivity index (χ4n) is 6.51. The van der Waals surface area contributed by atoms with Crippen molar-refractivity contribution < 1.29 is 14.7 Å². The monoisotopic (exact) mass is 566 g/mol. The molecule has 0 aromatic heterocycles. The lowest BCUT2D eigenvalue weighted by Crippen LogP contribution is -2.56. The van der Waals surface area contributed by atoms with Gasteiger partial charge in [-0.1, -0.05) is 86.3 Å². The molecule has 0 saturated carbocycles. The van der Waals surface area contributed by atoms with Crippen LogP contribution in [-0.4, -0.2) is 65.2 Å². The van der Waals surface area contributed by atoms with E-state index in [-0.39, 0.29) is 19.8 Å². The van der Waals surface area contributed by atoms with Gasteiger partial charge in [0.2, 0.25) is 5.91 Å². The highest BCUT2D eigenvalue weighted by atomic mass is 16.4. The predicted molar refractivity (Wildman–Crippen MR) is 166 cm³/mol. The van der Waals surface area contributed by atoms with Crippen molar-refractivity contribution in [2.75, 3.05) is 37.7 Å². The van der Waals surface area contributed by atoms with Crippen molar-refractivity contribution in [3.63, 3.8) is 0 Å². The molecule has 1 amide bonds. The van der Waals surface area contributed by atoms with E-state index in [4.69, 9.17) is 5.11 Å². The SMILES string of the molecule is C.N#CC(CCN1CCC2(CC1)C(=O)N(CCCCC(=O)O)CN2c1ccccc1)(c1ccccc1)c1ccccc1. The molecule has 2 heterocycles. The maximum Gasteiger partial charge on any atom is 0.303 e. The van der Waals surface area contributed by atoms with Crippen LogP contribution in [0.25, 0.3) is 0 Å². The topological polar surface area (TPSA) is 87.9 Å². The first-order chi connectivity index (χ1) is 20.0. The molecule has 1 spiro atoms. The van der Waals surface area contributed by atoms with Gasteiger partial charge in [-0.2, -0.15) is 5.26 Å². The molecule has 2 aliphatic heterocycles. The number of benzene rings is 3. The molecule has 3 aromatic carbocycles. The van der Waals surface area contributed by atoms with Crippen molar-refractivity contribution >= 4 is 17.6 Å². The highest BCUT2D eigenvalue weighted by Gasteiger charge is 2.53. The minimum absolute atomic E-state index is 0. The van der Waals surface area contributed by atoms with E-state index in [0.717, 1.165) is 36.4 Å². The van der Waals surface area contributed by atoms with Gasteiger partial charge in [-0.15, -0.1) is 0 Å². The fourth-order valence-corrected chi connectivity index (χ4v) is 6.51. The van der Waals surface area contributed by atoms with Crippen molar-refractivity contribution in [3.8, 4) is 6.07 Å². The second-order valence-electron chi connectivity index (χ2n) is 11.2. The highest BCUT2D eigenvalue weighted by molar-refractivity contribution is 5.93. The number of likely N-dealkylation sites (tertiary alicyclic amines) is 1. The maximum absolute atomic E-state index is 13.9. The number of carbonyl (C=O) groups excluding carboxylic acids is 1. The summed E-state index contributed by atoms with van der Waals surface area (Å²) in [6, 6.07) is 32.9. The summed E-state index contributed by atoms with van der Waals surface area (Å²) in [5.74, 6) is -0.649. The van der Waals surface area contributed by atoms with Crippen LogP contribution in [0, 0.1) is 11.3 Å². The first-order valence-corrected chi connectivity index (χ1v) is 14.6. The number of rotatable bonds is 11. The Kier molecular flexibility index (Phi) is 10.0. The highest BCUT2D eigenvalue weighted by Crippen LogP contribution is 2.41. The van der Waals surface area contributed by atoms with Gasteiger partial charge in [0.25, 0.3) is 0 Å². The lowest BCUT2D eigenvalue weighted by molar-refractivity contribution is -0.137. The molecule has 7 nitrogen and oxygen atoms in total. The second-order valence-corrected chi connectivity index (χ2v) is 11.2. The third kappa shape index (κ3) is 6.19. The zero-order chi connectivity index (χ0) is 28.7. The Morgan fingerprint density at radius 3 is 1.93 bits per heavy atom. The summed E-state index contributed by atoms with van der Waals surface area (Å²) >= 11 is 0. The molecule has 0 aliphatic carbocycles. The molecule has 0 unspecified atom stereocenters. The van der Waals surface area contributed by atoms with Gasteiger partial charge in [-0.25, -0.2) is 0 Å². The summed E-state index contributed by atoms with van der Waals surface area (Å²) in [6.45, 7) is 3.39. The van der Waals surface area contributed by atoms with E-state index in [2.05, 4.69) is 28.0 Å². The van der Waals surface area contributed by atoms with Gasteiger partial charge >= 0.3 is 5.97 Å². The smallest absolute Gasteiger partial charge is 0.303 e. The van der Waals surface area contributed by atoms with E-state index >= 15 is 0 Å². The van der Waals surface area contributed by atoms with Crippen LogP contribution in [0.4, 0.5) is 5.69 Å². The van der Waals surface area contributed by atoms with Gasteiger partial charge in [0.05, 0.1) is 12.7 Å². The molecule has 2 fully saturated rings. The maximum atomic E-state index is 13.9. The Morgan fingerprint density at radius 1 is 0.857 bits per heavy atom. The molecule has 2 saturated heterocycles. The number of nitriles is 1. The van der Waals surface area contributed by atoms with Crippen molar-refractivity contribution in [1.29, 1.82) is 5.26 Å². The molecule has 5 rings (SSSR count). The minimum Gasteiger partial charge on any atom is -0.481 e. The quantitative estimate of drug-likeness (QED) is 0.290. The van der Waals surface area contributed by atoms with Gasteiger partial charge in [0.1, 0.15) is 11.0 Å². The van der Waals surface area contributed by atoms with Crippen LogP contribution in [-0.2, 0) is 15.0 Å². The molecule has 42 heavy (non-hydrogen) atoms. The molecule has 2 aliphatic rings. The average Bonchev–Trinajstić information content (AvgIpc) is 3.28. The fraction of sp³-hybridized carbons (Fsp3) is 0.400. The molecule has 220 valence electrons. The number of amides is 1. The number of anilines is 1. The van der Waals surface area contributed by atoms with Crippen LogP contribution in [0.5, 0.6) is 0 Å². The number of nitrogens with zero attached hydrogens (tertiary/aromatic N) is 4. The molecule has 3 aromatic rings. The number of unbranched alkanes of at least 4 members (excludes halogenated alkanes) is 1. The number of carboxylic acid groups (broad SMARTS) is 1. The van der Waals surface area contributed by atoms with Crippen LogP contribution < -0.4 is 4.90 Å². The summed E-state index contributed by atoms with van der Waals surface area (Å²) in [6.07, 6.45) is 3.45. The Bertz CT molecular complexity index is 1310. The normalized spacial score (nSPS) is 16.7. The van der Waals surface area contributed by atoms with Crippen molar-refractivity contribution in [1.82, 2.24) is 9.80 Å². The molecule has 1 N–H and O–H groups in total. The molecule has 0 bridgehead atoms. The lowest BCUT2D eigenvalue weighted by atomic mass is 9.73. The van der Waals surface area contributed by atoms with E-state index in [9.17, 15) is 14.9 Å². The molecule has 0 atom stereocenters. The average molecular weight is 567 g/mol. The van der Waals surface area contributed by atoms with Crippen LogP contribution in [0.2, 0.25) is 0 Å². The van der Waals surface area contributed by atoms with E-state index in [1.165, 1.54) is 0 Å². The summed E-state index contributed by atoms with van der Waals surface area (Å²) < 4.78 is 0. The summed E-state index contributed by atoms with van der Waals surface area (Å²) in [5.41, 5.74) is 1.70. The zero-order valence-corrected chi connectivity index (χ0v) is 23.5. The third-order valence-electron chi connectivity index (χ3n) is 8.86. The Morgan fingerprint density at radius 2 is 1.40 bits per heavy atom. The van der Waals surface area contributed by atoms with Crippen LogP contribution in [0.3, 0.4) is 0 Å². The molecule has 0 radical (unpaired) electrons. The first kappa shape index (κ1) is 30.8. The van der Waals surface area contributed by atoms with E-state index in [1.54, 1.807) is 0 Å². The number of hydrogen-bond donors (Lipinski definition) is 1. The molecular formula is C35H42N4O3. The number of para-hydroxylation sites is 1. The largest absolute Gasteiger partial charge is 0.481 e. The van der Waals surface area contributed by atoms with Gasteiger partial charge in [0, 0.05) is 38.3 Å². The lowest BCUT2D eigenvalue weighted by Gasteiger charge is -2.44. The number of piperidine rings is 1. The van der Waals surface area contributed by atoms with Crippen LogP contribution in [0.1, 0.15) is 57.1 Å². The molecular weight excluding hydrogens is 524 g/mol. The Labute approximate surface area is 250 Å². The third-order valence-corrected chi connectivity index (χ3v) is 8.86. The van der Waals surface area contributed by atoms with E-state index in [0.29, 0.717) is 45.3 Å². The van der Waals surface area contributed by atoms with Crippen LogP contribution in [0.15, 0.2) is 91.0 Å². The van der Waals surface area contributed by atoms with Crippen molar-refractivity contribution in [2.45, 2.75) is 56.9 Å². The second kappa shape index (κ2) is 13.7. The van der Waals surface area contributed by atoms with E-state index in [1.807, 2.05) is 83.8 Å². The summed E-state index contributed by atoms with van der Waals surface area (Å²) in [5, 5.41) is 19.6. The van der Waals surface area contributed by atoms with Crippen molar-refractivity contribution in [2.24, 2.45) is 0 Å².